The Morgan fingerprint density at radius 3 is 1.87 bits per heavy atom. The third-order valence-electron chi connectivity index (χ3n) is 4.41. The molecule has 1 aromatic rings. The van der Waals surface area contributed by atoms with Gasteiger partial charge < -0.3 is 0 Å². The minimum absolute atomic E-state index is 0.219. The topological polar surface area (TPSA) is 38.9 Å². The van der Waals surface area contributed by atoms with Crippen molar-refractivity contribution in [3.63, 3.8) is 0 Å². The average Bonchev–Trinajstić information content (AvgIpc) is 2.56. The fourth-order valence-electron chi connectivity index (χ4n) is 2.96. The van der Waals surface area contributed by atoms with E-state index in [4.69, 9.17) is 5.73 Å². The fourth-order valence-corrected chi connectivity index (χ4v) is 8.17. The Labute approximate surface area is 149 Å². The van der Waals surface area contributed by atoms with Gasteiger partial charge in [0.2, 0.25) is 0 Å². The SMILES string of the molecule is CCCC[C](CCCC)(CCCC)[Sn][c]1cnc(N)c(F)c1F. The van der Waals surface area contributed by atoms with Crippen molar-refractivity contribution in [3.8, 4) is 0 Å². The molecular weight excluding hydrogens is 401 g/mol. The van der Waals surface area contributed by atoms with Crippen LogP contribution in [0.15, 0.2) is 6.20 Å². The van der Waals surface area contributed by atoms with Crippen LogP contribution in [0, 0.1) is 11.6 Å². The van der Waals surface area contributed by atoms with Gasteiger partial charge in [-0.15, -0.1) is 0 Å². The Morgan fingerprint density at radius 1 is 0.957 bits per heavy atom. The summed E-state index contributed by atoms with van der Waals surface area (Å²) < 4.78 is 28.9. The molecule has 0 aliphatic rings. The molecule has 5 heteroatoms. The molecule has 2 radical (unpaired) electrons. The third-order valence-corrected chi connectivity index (χ3v) is 9.83. The minimum atomic E-state index is -1.31. The van der Waals surface area contributed by atoms with Crippen molar-refractivity contribution >= 4 is 30.5 Å². The molecule has 0 aromatic carbocycles. The Balaban J connectivity index is 3.07. The van der Waals surface area contributed by atoms with E-state index in [1.165, 1.54) is 25.5 Å². The monoisotopic (exact) mass is 432 g/mol. The number of hydrogen-bond acceptors (Lipinski definition) is 2. The summed E-state index contributed by atoms with van der Waals surface area (Å²) in [4.78, 5) is 3.87. The fraction of sp³-hybridized carbons (Fsp3) is 0.722. The molecule has 0 saturated carbocycles. The summed E-state index contributed by atoms with van der Waals surface area (Å²) in [5.41, 5.74) is 5.39. The molecule has 130 valence electrons. The van der Waals surface area contributed by atoms with E-state index >= 15 is 0 Å². The number of unbranched alkanes of at least 4 members (excludes halogenated alkanes) is 3. The molecule has 0 aliphatic carbocycles. The van der Waals surface area contributed by atoms with Crippen LogP contribution in [0.4, 0.5) is 14.6 Å². The molecule has 0 atom stereocenters. The second kappa shape index (κ2) is 10.5. The number of aromatic nitrogens is 1. The first-order valence-electron chi connectivity index (χ1n) is 8.87. The number of nitrogens with two attached hydrogens (primary N) is 1. The average molecular weight is 431 g/mol. The van der Waals surface area contributed by atoms with E-state index in [-0.39, 0.29) is 9.25 Å². The maximum absolute atomic E-state index is 14.3. The molecule has 0 spiro atoms. The van der Waals surface area contributed by atoms with Gasteiger partial charge in [-0.05, 0) is 0 Å². The van der Waals surface area contributed by atoms with E-state index in [2.05, 4.69) is 25.8 Å². The van der Waals surface area contributed by atoms with Gasteiger partial charge in [0, 0.05) is 0 Å². The summed E-state index contributed by atoms with van der Waals surface area (Å²) in [5, 5.41) is 0. The van der Waals surface area contributed by atoms with Gasteiger partial charge in [-0.1, -0.05) is 0 Å². The quantitative estimate of drug-likeness (QED) is 0.501. The Morgan fingerprint density at radius 2 is 1.43 bits per heavy atom. The standard InChI is InChI=1S/C13H27.C5H3F2N2.Sn/c1-4-7-10-13(11-8-5-2)12-9-6-3;6-3-1-2-9-5(8)4(3)7;/h4-12H2,1-3H3;2H,(H2,8,9);. The first kappa shape index (κ1) is 20.7. The van der Waals surface area contributed by atoms with Crippen molar-refractivity contribution in [1.29, 1.82) is 0 Å². The molecule has 0 fully saturated rings. The van der Waals surface area contributed by atoms with Crippen LogP contribution in [0.3, 0.4) is 0 Å². The normalized spacial score (nSPS) is 11.9. The van der Waals surface area contributed by atoms with Crippen molar-refractivity contribution in [2.45, 2.75) is 82.0 Å². The van der Waals surface area contributed by atoms with Crippen LogP contribution >= 0.6 is 0 Å². The first-order valence-corrected chi connectivity index (χ1v) is 11.7. The maximum atomic E-state index is 14.3. The molecule has 0 saturated heterocycles. The summed E-state index contributed by atoms with van der Waals surface area (Å²) in [6.45, 7) is 6.58. The van der Waals surface area contributed by atoms with Crippen molar-refractivity contribution < 1.29 is 8.78 Å². The van der Waals surface area contributed by atoms with Crippen molar-refractivity contribution in [1.82, 2.24) is 4.98 Å². The molecule has 1 heterocycles. The van der Waals surface area contributed by atoms with Crippen LogP contribution in [0.2, 0.25) is 3.43 Å². The zero-order valence-electron chi connectivity index (χ0n) is 14.7. The second-order valence-electron chi connectivity index (χ2n) is 6.40. The molecule has 0 aliphatic heterocycles. The van der Waals surface area contributed by atoms with E-state index in [0.717, 1.165) is 38.5 Å². The number of rotatable bonds is 11. The van der Waals surface area contributed by atoms with Crippen molar-refractivity contribution in [2.75, 3.05) is 5.73 Å². The van der Waals surface area contributed by atoms with Crippen molar-refractivity contribution in [2.24, 2.45) is 0 Å². The van der Waals surface area contributed by atoms with Crippen LogP contribution in [0.5, 0.6) is 0 Å². The Bertz CT molecular complexity index is 459. The van der Waals surface area contributed by atoms with E-state index < -0.39 is 32.8 Å². The van der Waals surface area contributed by atoms with Gasteiger partial charge in [-0.3, -0.25) is 0 Å². The zero-order valence-corrected chi connectivity index (χ0v) is 17.6. The van der Waals surface area contributed by atoms with E-state index in [1.807, 2.05) is 0 Å². The van der Waals surface area contributed by atoms with Gasteiger partial charge in [0.25, 0.3) is 0 Å². The van der Waals surface area contributed by atoms with Gasteiger partial charge in [0.05, 0.1) is 0 Å². The Hall–Kier alpha value is -0.391. The summed E-state index contributed by atoms with van der Waals surface area (Å²) in [5.74, 6) is -2.02. The third kappa shape index (κ3) is 6.20. The van der Waals surface area contributed by atoms with Crippen LogP contribution in [0.25, 0.3) is 0 Å². The molecule has 23 heavy (non-hydrogen) atoms. The summed E-state index contributed by atoms with van der Waals surface area (Å²) >= 11 is -1.31. The molecule has 1 aromatic heterocycles. The van der Waals surface area contributed by atoms with Crippen LogP contribution in [-0.2, 0) is 0 Å². The van der Waals surface area contributed by atoms with E-state index in [9.17, 15) is 8.78 Å². The van der Waals surface area contributed by atoms with Crippen LogP contribution in [-0.4, -0.2) is 26.1 Å². The number of nitrogens with zero attached hydrogens (tertiary/aromatic N) is 1. The van der Waals surface area contributed by atoms with E-state index in [1.54, 1.807) is 0 Å². The van der Waals surface area contributed by atoms with Gasteiger partial charge >= 0.3 is 150 Å². The number of anilines is 1. The predicted octanol–water partition coefficient (Wildman–Crippen LogP) is 5.00. The molecule has 0 unspecified atom stereocenters. The second-order valence-corrected chi connectivity index (χ2v) is 11.7. The zero-order chi connectivity index (χ0) is 17.3. The van der Waals surface area contributed by atoms with E-state index in [0.29, 0.717) is 3.58 Å². The molecule has 0 amide bonds. The number of pyridine rings is 1. The van der Waals surface area contributed by atoms with Gasteiger partial charge in [0.1, 0.15) is 0 Å². The van der Waals surface area contributed by atoms with Crippen LogP contribution in [0.1, 0.15) is 78.6 Å². The number of hydrogen-bond donors (Lipinski definition) is 1. The summed E-state index contributed by atoms with van der Waals surface area (Å²) in [7, 11) is 0. The Kier molecular flexibility index (Phi) is 9.40. The van der Waals surface area contributed by atoms with Crippen molar-refractivity contribution in [3.05, 3.63) is 17.8 Å². The summed E-state index contributed by atoms with van der Waals surface area (Å²) in [6, 6.07) is 0. The van der Waals surface area contributed by atoms with Gasteiger partial charge in [-0.2, -0.15) is 0 Å². The van der Waals surface area contributed by atoms with Gasteiger partial charge in [0.15, 0.2) is 0 Å². The van der Waals surface area contributed by atoms with Crippen LogP contribution < -0.4 is 9.31 Å². The number of nitrogen functional groups attached to an aromatic ring is 1. The number of halogens is 2. The molecule has 1 rings (SSSR count). The molecule has 0 bridgehead atoms. The molecule has 2 nitrogen and oxygen atoms in total. The van der Waals surface area contributed by atoms with Gasteiger partial charge in [-0.25, -0.2) is 0 Å². The summed E-state index contributed by atoms with van der Waals surface area (Å²) in [6.07, 6.45) is 11.9. The predicted molar refractivity (Wildman–Crippen MR) is 95.2 cm³/mol. The molecule has 2 N–H and O–H groups in total. The molecular formula is C18H30F2N2Sn. The first-order chi connectivity index (χ1) is 11.0.